The molecule has 0 amide bonds. The number of nitrogens with one attached hydrogen (secondary N) is 2. The third-order valence-electron chi connectivity index (χ3n) is 5.03. The number of guanidine groups is 1. The van der Waals surface area contributed by atoms with Crippen LogP contribution in [-0.4, -0.2) is 64.6 Å². The van der Waals surface area contributed by atoms with Crippen LogP contribution in [0.3, 0.4) is 0 Å². The van der Waals surface area contributed by atoms with E-state index in [1.54, 1.807) is 19.2 Å². The quantitative estimate of drug-likeness (QED) is 0.433. The second-order valence-corrected chi connectivity index (χ2v) is 7.12. The van der Waals surface area contributed by atoms with E-state index in [0.29, 0.717) is 19.8 Å². The van der Waals surface area contributed by atoms with E-state index in [2.05, 4.69) is 20.5 Å². The van der Waals surface area contributed by atoms with Crippen molar-refractivity contribution in [3.8, 4) is 0 Å². The molecule has 0 radical (unpaired) electrons. The average molecular weight is 378 g/mol. The summed E-state index contributed by atoms with van der Waals surface area (Å²) in [6.45, 7) is 4.63. The zero-order valence-corrected chi connectivity index (χ0v) is 16.1. The van der Waals surface area contributed by atoms with Crippen LogP contribution in [0.1, 0.15) is 25.7 Å². The molecule has 2 aliphatic rings. The van der Waals surface area contributed by atoms with Crippen LogP contribution in [0.2, 0.25) is 0 Å². The third-order valence-corrected chi connectivity index (χ3v) is 5.03. The van der Waals surface area contributed by atoms with Crippen molar-refractivity contribution in [2.45, 2.75) is 37.8 Å². The fourth-order valence-electron chi connectivity index (χ4n) is 3.62. The maximum absolute atomic E-state index is 13.5. The van der Waals surface area contributed by atoms with E-state index >= 15 is 0 Å². The Morgan fingerprint density at radius 2 is 2.30 bits per heavy atom. The molecule has 2 aliphatic heterocycles. The van der Waals surface area contributed by atoms with Crippen LogP contribution in [0.15, 0.2) is 29.3 Å². The molecule has 2 atom stereocenters. The second kappa shape index (κ2) is 10.5. The zero-order valence-electron chi connectivity index (χ0n) is 16.1. The van der Waals surface area contributed by atoms with Gasteiger partial charge < -0.3 is 25.0 Å². The Bertz CT molecular complexity index is 607. The maximum atomic E-state index is 13.5. The number of aliphatic imine (C=N–C) groups is 1. The molecule has 6 nitrogen and oxygen atoms in total. The molecule has 0 saturated carbocycles. The van der Waals surface area contributed by atoms with Crippen LogP contribution in [0, 0.1) is 5.82 Å². The first-order valence-corrected chi connectivity index (χ1v) is 9.91. The van der Waals surface area contributed by atoms with Crippen molar-refractivity contribution in [1.29, 1.82) is 0 Å². The van der Waals surface area contributed by atoms with Crippen LogP contribution in [0.5, 0.6) is 0 Å². The fraction of sp³-hybridized carbons (Fsp3) is 0.650. The minimum atomic E-state index is -0.192. The van der Waals surface area contributed by atoms with Gasteiger partial charge in [0.25, 0.3) is 0 Å². The van der Waals surface area contributed by atoms with E-state index in [9.17, 15) is 4.39 Å². The Morgan fingerprint density at radius 3 is 3.07 bits per heavy atom. The monoisotopic (exact) mass is 378 g/mol. The molecule has 3 rings (SSSR count). The van der Waals surface area contributed by atoms with Crippen molar-refractivity contribution in [3.05, 3.63) is 30.1 Å². The molecule has 27 heavy (non-hydrogen) atoms. The van der Waals surface area contributed by atoms with Gasteiger partial charge >= 0.3 is 0 Å². The van der Waals surface area contributed by atoms with Crippen LogP contribution >= 0.6 is 0 Å². The van der Waals surface area contributed by atoms with Crippen molar-refractivity contribution in [2.24, 2.45) is 4.99 Å². The summed E-state index contributed by atoms with van der Waals surface area (Å²) in [5, 5.41) is 6.78. The summed E-state index contributed by atoms with van der Waals surface area (Å²) in [5.74, 6) is 0.588. The molecule has 150 valence electrons. The molecule has 1 aromatic carbocycles. The topological polar surface area (TPSA) is 58.1 Å². The molecule has 2 saturated heterocycles. The average Bonchev–Trinajstić information content (AvgIpc) is 3.20. The van der Waals surface area contributed by atoms with Crippen molar-refractivity contribution in [2.75, 3.05) is 51.4 Å². The highest BCUT2D eigenvalue weighted by Gasteiger charge is 2.21. The zero-order chi connectivity index (χ0) is 18.9. The Balaban J connectivity index is 1.38. The molecule has 0 aliphatic carbocycles. The molecule has 7 heteroatoms. The molecule has 2 fully saturated rings. The lowest BCUT2D eigenvalue weighted by atomic mass is 10.0. The number of halogens is 1. The van der Waals surface area contributed by atoms with E-state index in [-0.39, 0.29) is 18.0 Å². The van der Waals surface area contributed by atoms with Gasteiger partial charge in [0.15, 0.2) is 5.96 Å². The lowest BCUT2D eigenvalue weighted by Gasteiger charge is -2.35. The highest BCUT2D eigenvalue weighted by atomic mass is 19.1. The van der Waals surface area contributed by atoms with Gasteiger partial charge in [-0.05, 0) is 43.9 Å². The van der Waals surface area contributed by atoms with Gasteiger partial charge in [-0.1, -0.05) is 6.07 Å². The second-order valence-electron chi connectivity index (χ2n) is 7.12. The lowest BCUT2D eigenvalue weighted by molar-refractivity contribution is 0.0191. The molecule has 1 aromatic rings. The predicted octanol–water partition coefficient (Wildman–Crippen LogP) is 2.16. The standard InChI is InChI=1S/C20H31FN4O2/c1-22-20(23-9-12-26-15-19-8-4-11-27-19)24-17-6-3-10-25(14-17)18-7-2-5-16(21)13-18/h2,5,7,13,17,19H,3-4,6,8-12,14-15H2,1H3,(H2,22,23,24). The number of piperidine rings is 1. The first kappa shape index (κ1) is 19.9. The molecule has 2 N–H and O–H groups in total. The van der Waals surface area contributed by atoms with E-state index in [0.717, 1.165) is 57.0 Å². The summed E-state index contributed by atoms with van der Waals surface area (Å²) < 4.78 is 24.7. The van der Waals surface area contributed by atoms with E-state index in [1.165, 1.54) is 6.07 Å². The fourth-order valence-corrected chi connectivity index (χ4v) is 3.62. The van der Waals surface area contributed by atoms with Crippen molar-refractivity contribution < 1.29 is 13.9 Å². The summed E-state index contributed by atoms with van der Waals surface area (Å²) in [6.07, 6.45) is 4.63. The number of nitrogens with zero attached hydrogens (tertiary/aromatic N) is 2. The minimum Gasteiger partial charge on any atom is -0.377 e. The molecular weight excluding hydrogens is 347 g/mol. The van der Waals surface area contributed by atoms with Gasteiger partial charge in [-0.25, -0.2) is 4.39 Å². The Morgan fingerprint density at radius 1 is 1.37 bits per heavy atom. The van der Waals surface area contributed by atoms with Gasteiger partial charge in [-0.3, -0.25) is 4.99 Å². The van der Waals surface area contributed by atoms with Gasteiger partial charge in [-0.15, -0.1) is 0 Å². The van der Waals surface area contributed by atoms with Crippen LogP contribution in [0.25, 0.3) is 0 Å². The molecule has 2 heterocycles. The van der Waals surface area contributed by atoms with Crippen molar-refractivity contribution in [1.82, 2.24) is 10.6 Å². The first-order chi connectivity index (χ1) is 13.2. The SMILES string of the molecule is CN=C(NCCOCC1CCCO1)NC1CCCN(c2cccc(F)c2)C1. The number of anilines is 1. The number of hydrogen-bond acceptors (Lipinski definition) is 4. The molecule has 2 unspecified atom stereocenters. The van der Waals surface area contributed by atoms with Crippen molar-refractivity contribution >= 4 is 11.6 Å². The summed E-state index contributed by atoms with van der Waals surface area (Å²) in [4.78, 5) is 6.53. The van der Waals surface area contributed by atoms with Gasteiger partial charge in [0.1, 0.15) is 5.82 Å². The van der Waals surface area contributed by atoms with Crippen molar-refractivity contribution in [3.63, 3.8) is 0 Å². The molecule has 0 spiro atoms. The van der Waals surface area contributed by atoms with E-state index in [1.807, 2.05) is 6.07 Å². The summed E-state index contributed by atoms with van der Waals surface area (Å²) in [7, 11) is 1.77. The molecule has 0 bridgehead atoms. The van der Waals surface area contributed by atoms with Crippen LogP contribution in [0.4, 0.5) is 10.1 Å². The normalized spacial score (nSPS) is 23.5. The Kier molecular flexibility index (Phi) is 7.71. The van der Waals surface area contributed by atoms with E-state index in [4.69, 9.17) is 9.47 Å². The molecule has 0 aromatic heterocycles. The number of hydrogen-bond donors (Lipinski definition) is 2. The minimum absolute atomic E-state index is 0.192. The number of rotatable bonds is 7. The van der Waals surface area contributed by atoms with Gasteiger partial charge in [0, 0.05) is 45.0 Å². The third kappa shape index (κ3) is 6.36. The van der Waals surface area contributed by atoms with Gasteiger partial charge in [0.05, 0.1) is 19.3 Å². The molecular formula is C20H31FN4O2. The van der Waals surface area contributed by atoms with Gasteiger partial charge in [0.2, 0.25) is 0 Å². The van der Waals surface area contributed by atoms with E-state index < -0.39 is 0 Å². The Labute approximate surface area is 161 Å². The predicted molar refractivity (Wildman–Crippen MR) is 106 cm³/mol. The van der Waals surface area contributed by atoms with Gasteiger partial charge in [-0.2, -0.15) is 0 Å². The highest BCUT2D eigenvalue weighted by molar-refractivity contribution is 5.80. The smallest absolute Gasteiger partial charge is 0.191 e. The van der Waals surface area contributed by atoms with Crippen LogP contribution in [-0.2, 0) is 9.47 Å². The highest BCUT2D eigenvalue weighted by Crippen LogP contribution is 2.20. The maximum Gasteiger partial charge on any atom is 0.191 e. The summed E-state index contributed by atoms with van der Waals surface area (Å²) in [6, 6.07) is 7.08. The largest absolute Gasteiger partial charge is 0.377 e. The summed E-state index contributed by atoms with van der Waals surface area (Å²) >= 11 is 0. The Hall–Kier alpha value is -1.86. The first-order valence-electron chi connectivity index (χ1n) is 9.91. The lowest BCUT2D eigenvalue weighted by Crippen LogP contribution is -2.51. The number of ether oxygens (including phenoxy) is 2. The van der Waals surface area contributed by atoms with Crippen LogP contribution < -0.4 is 15.5 Å². The number of benzene rings is 1. The summed E-state index contributed by atoms with van der Waals surface area (Å²) in [5.41, 5.74) is 0.937.